The molecule has 5 heteroatoms. The zero-order valence-electron chi connectivity index (χ0n) is 10.00. The van der Waals surface area contributed by atoms with E-state index in [1.165, 1.54) is 0 Å². The molecule has 0 aliphatic carbocycles. The third-order valence-electron chi connectivity index (χ3n) is 2.31. The van der Waals surface area contributed by atoms with Gasteiger partial charge in [-0.3, -0.25) is 4.79 Å². The van der Waals surface area contributed by atoms with Gasteiger partial charge in [-0.15, -0.1) is 0 Å². The Morgan fingerprint density at radius 1 is 1.53 bits per heavy atom. The first-order valence-corrected chi connectivity index (χ1v) is 7.57. The predicted octanol–water partition coefficient (Wildman–Crippen LogP) is 2.90. The second kappa shape index (κ2) is 6.91. The number of amides is 1. The van der Waals surface area contributed by atoms with Gasteiger partial charge < -0.3 is 11.1 Å². The Balaban J connectivity index is 2.63. The number of benzene rings is 1. The van der Waals surface area contributed by atoms with Gasteiger partial charge in [-0.1, -0.05) is 15.9 Å². The molecule has 94 valence electrons. The molecule has 1 amide bonds. The molecule has 0 saturated heterocycles. The topological polar surface area (TPSA) is 55.1 Å². The van der Waals surface area contributed by atoms with Gasteiger partial charge in [-0.2, -0.15) is 11.8 Å². The number of nitrogens with one attached hydrogen (secondary N) is 1. The summed E-state index contributed by atoms with van der Waals surface area (Å²) in [6.45, 7) is 2.01. The predicted molar refractivity (Wildman–Crippen MR) is 78.5 cm³/mol. The van der Waals surface area contributed by atoms with Crippen LogP contribution in [0.5, 0.6) is 0 Å². The molecule has 0 heterocycles. The van der Waals surface area contributed by atoms with Crippen molar-refractivity contribution in [1.82, 2.24) is 5.32 Å². The highest BCUT2D eigenvalue weighted by Crippen LogP contribution is 2.17. The zero-order chi connectivity index (χ0) is 12.8. The number of hydrogen-bond donors (Lipinski definition) is 2. The molecule has 0 aliphatic heterocycles. The minimum absolute atomic E-state index is 0.0772. The number of halogens is 1. The van der Waals surface area contributed by atoms with Gasteiger partial charge in [0, 0.05) is 21.8 Å². The Morgan fingerprint density at radius 2 is 2.24 bits per heavy atom. The standard InChI is InChI=1S/C12H17BrN2OS/c1-8(3-4-17-2)15-12(16)9-5-10(13)7-11(14)6-9/h5-8H,3-4,14H2,1-2H3,(H,15,16). The normalized spacial score (nSPS) is 12.2. The molecule has 1 aromatic carbocycles. The molecular formula is C12H17BrN2OS. The smallest absolute Gasteiger partial charge is 0.251 e. The van der Waals surface area contributed by atoms with Crippen LogP contribution >= 0.6 is 27.7 Å². The van der Waals surface area contributed by atoms with Crippen LogP contribution in [0.15, 0.2) is 22.7 Å². The molecule has 1 unspecified atom stereocenters. The lowest BCUT2D eigenvalue weighted by Gasteiger charge is -2.13. The first-order valence-electron chi connectivity index (χ1n) is 5.39. The minimum Gasteiger partial charge on any atom is -0.399 e. The van der Waals surface area contributed by atoms with E-state index in [1.807, 2.05) is 6.92 Å². The maximum absolute atomic E-state index is 11.9. The van der Waals surface area contributed by atoms with Gasteiger partial charge >= 0.3 is 0 Å². The van der Waals surface area contributed by atoms with E-state index < -0.39 is 0 Å². The lowest BCUT2D eigenvalue weighted by molar-refractivity contribution is 0.0939. The van der Waals surface area contributed by atoms with Crippen molar-refractivity contribution in [3.63, 3.8) is 0 Å². The molecule has 3 nitrogen and oxygen atoms in total. The maximum Gasteiger partial charge on any atom is 0.251 e. The van der Waals surface area contributed by atoms with Crippen molar-refractivity contribution in [2.45, 2.75) is 19.4 Å². The summed E-state index contributed by atoms with van der Waals surface area (Å²) >= 11 is 5.11. The summed E-state index contributed by atoms with van der Waals surface area (Å²) in [5.74, 6) is 0.967. The van der Waals surface area contributed by atoms with Gasteiger partial charge in [0.2, 0.25) is 0 Å². The van der Waals surface area contributed by atoms with Crippen molar-refractivity contribution in [3.05, 3.63) is 28.2 Å². The van der Waals surface area contributed by atoms with Crippen molar-refractivity contribution in [3.8, 4) is 0 Å². The van der Waals surface area contributed by atoms with E-state index in [-0.39, 0.29) is 11.9 Å². The van der Waals surface area contributed by atoms with E-state index in [9.17, 15) is 4.79 Å². The molecule has 0 bridgehead atoms. The van der Waals surface area contributed by atoms with Crippen molar-refractivity contribution >= 4 is 39.3 Å². The fourth-order valence-electron chi connectivity index (χ4n) is 1.42. The van der Waals surface area contributed by atoms with Gasteiger partial charge in [-0.25, -0.2) is 0 Å². The summed E-state index contributed by atoms with van der Waals surface area (Å²) in [7, 11) is 0. The molecule has 0 radical (unpaired) electrons. The highest BCUT2D eigenvalue weighted by molar-refractivity contribution is 9.10. The number of nitrogens with two attached hydrogens (primary N) is 1. The summed E-state index contributed by atoms with van der Waals surface area (Å²) in [5.41, 5.74) is 6.87. The van der Waals surface area contributed by atoms with Crippen LogP contribution in [0.3, 0.4) is 0 Å². The largest absolute Gasteiger partial charge is 0.399 e. The monoisotopic (exact) mass is 316 g/mol. The van der Waals surface area contributed by atoms with E-state index in [0.29, 0.717) is 11.3 Å². The Kier molecular flexibility index (Phi) is 5.85. The summed E-state index contributed by atoms with van der Waals surface area (Å²) in [6, 6.07) is 5.40. The van der Waals surface area contributed by atoms with Gasteiger partial charge in [0.15, 0.2) is 0 Å². The minimum atomic E-state index is -0.0772. The fraction of sp³-hybridized carbons (Fsp3) is 0.417. The molecule has 1 rings (SSSR count). The number of rotatable bonds is 5. The summed E-state index contributed by atoms with van der Waals surface area (Å²) in [6.07, 6.45) is 3.03. The molecule has 1 atom stereocenters. The number of anilines is 1. The first-order chi connectivity index (χ1) is 8.02. The molecule has 0 spiro atoms. The molecule has 3 N–H and O–H groups in total. The Hall–Kier alpha value is -0.680. The fourth-order valence-corrected chi connectivity index (χ4v) is 2.52. The van der Waals surface area contributed by atoms with Crippen LogP contribution < -0.4 is 11.1 Å². The molecule has 0 aromatic heterocycles. The third kappa shape index (κ3) is 5.00. The number of nitrogen functional groups attached to an aromatic ring is 1. The number of carbonyl (C=O) groups is 1. The van der Waals surface area contributed by atoms with E-state index in [4.69, 9.17) is 5.73 Å². The summed E-state index contributed by atoms with van der Waals surface area (Å²) in [4.78, 5) is 11.9. The SMILES string of the molecule is CSCCC(C)NC(=O)c1cc(N)cc(Br)c1. The Morgan fingerprint density at radius 3 is 2.82 bits per heavy atom. The van der Waals surface area contributed by atoms with E-state index in [2.05, 4.69) is 27.5 Å². The molecule has 0 fully saturated rings. The lowest BCUT2D eigenvalue weighted by Crippen LogP contribution is -2.33. The van der Waals surface area contributed by atoms with Crippen molar-refractivity contribution in [2.24, 2.45) is 0 Å². The number of hydrogen-bond acceptors (Lipinski definition) is 3. The van der Waals surface area contributed by atoms with Crippen LogP contribution in [0.25, 0.3) is 0 Å². The Bertz CT molecular complexity index is 378. The third-order valence-corrected chi connectivity index (χ3v) is 3.42. The lowest BCUT2D eigenvalue weighted by atomic mass is 10.1. The number of carbonyl (C=O) groups excluding carboxylic acids is 1. The molecule has 1 aromatic rings. The van der Waals surface area contributed by atoms with E-state index >= 15 is 0 Å². The van der Waals surface area contributed by atoms with Crippen LogP contribution in [0.4, 0.5) is 5.69 Å². The van der Waals surface area contributed by atoms with E-state index in [0.717, 1.165) is 16.6 Å². The molecule has 0 aliphatic rings. The second-order valence-electron chi connectivity index (χ2n) is 3.93. The van der Waals surface area contributed by atoms with Crippen LogP contribution in [-0.2, 0) is 0 Å². The number of thioether (sulfide) groups is 1. The van der Waals surface area contributed by atoms with Crippen LogP contribution in [0.2, 0.25) is 0 Å². The first kappa shape index (κ1) is 14.4. The molecule has 17 heavy (non-hydrogen) atoms. The highest BCUT2D eigenvalue weighted by atomic mass is 79.9. The zero-order valence-corrected chi connectivity index (χ0v) is 12.4. The van der Waals surface area contributed by atoms with Gasteiger partial charge in [0.1, 0.15) is 0 Å². The van der Waals surface area contributed by atoms with Crippen molar-refractivity contribution < 1.29 is 4.79 Å². The Labute approximate surface area is 115 Å². The molecule has 0 saturated carbocycles. The van der Waals surface area contributed by atoms with Crippen molar-refractivity contribution in [1.29, 1.82) is 0 Å². The van der Waals surface area contributed by atoms with Crippen molar-refractivity contribution in [2.75, 3.05) is 17.7 Å². The maximum atomic E-state index is 11.9. The van der Waals surface area contributed by atoms with Crippen LogP contribution in [0, 0.1) is 0 Å². The van der Waals surface area contributed by atoms with Gasteiger partial charge in [0.25, 0.3) is 5.91 Å². The second-order valence-corrected chi connectivity index (χ2v) is 5.83. The average Bonchev–Trinajstić information content (AvgIpc) is 2.25. The average molecular weight is 317 g/mol. The summed E-state index contributed by atoms with van der Waals surface area (Å²) in [5, 5.41) is 2.96. The highest BCUT2D eigenvalue weighted by Gasteiger charge is 2.10. The van der Waals surface area contributed by atoms with Gasteiger partial charge in [0.05, 0.1) is 0 Å². The van der Waals surface area contributed by atoms with Crippen LogP contribution in [-0.4, -0.2) is 24.0 Å². The van der Waals surface area contributed by atoms with E-state index in [1.54, 1.807) is 30.0 Å². The quantitative estimate of drug-likeness (QED) is 0.821. The van der Waals surface area contributed by atoms with Crippen LogP contribution in [0.1, 0.15) is 23.7 Å². The van der Waals surface area contributed by atoms with Gasteiger partial charge in [-0.05, 0) is 43.6 Å². The summed E-state index contributed by atoms with van der Waals surface area (Å²) < 4.78 is 0.819. The molecular weight excluding hydrogens is 300 g/mol.